The lowest BCUT2D eigenvalue weighted by Crippen LogP contribution is -2.38. The van der Waals surface area contributed by atoms with E-state index in [2.05, 4.69) is 23.5 Å². The Bertz CT molecular complexity index is 603. The molecule has 2 amide bonds. The maximum Gasteiger partial charge on any atom is 0.407 e. The summed E-state index contributed by atoms with van der Waals surface area (Å²) in [6.07, 6.45) is 2.77. The second kappa shape index (κ2) is 7.99. The van der Waals surface area contributed by atoms with Gasteiger partial charge in [-0.05, 0) is 38.3 Å². The Hall–Kier alpha value is -2.30. The average molecular weight is 330 g/mol. The van der Waals surface area contributed by atoms with Crippen molar-refractivity contribution >= 4 is 17.6 Å². The normalized spacial score (nSPS) is 14.8. The Kier molecular flexibility index (Phi) is 6.01. The van der Waals surface area contributed by atoms with Crippen LogP contribution in [0.15, 0.2) is 36.4 Å². The number of carbonyl (C=O) groups excluding carboxylic acids is 2. The number of alkyl carbamates (subject to hydrolysis) is 1. The maximum absolute atomic E-state index is 12.2. The predicted molar refractivity (Wildman–Crippen MR) is 94.5 cm³/mol. The summed E-state index contributed by atoms with van der Waals surface area (Å²) in [5.41, 5.74) is 1.97. The highest BCUT2D eigenvalue weighted by molar-refractivity contribution is 5.79. The Morgan fingerprint density at radius 3 is 2.50 bits per heavy atom. The van der Waals surface area contributed by atoms with Crippen LogP contribution in [0.5, 0.6) is 0 Å². The van der Waals surface area contributed by atoms with Crippen molar-refractivity contribution < 1.29 is 14.3 Å². The van der Waals surface area contributed by atoms with E-state index < -0.39 is 11.7 Å². The zero-order valence-corrected chi connectivity index (χ0v) is 14.7. The lowest BCUT2D eigenvalue weighted by Gasteiger charge is -2.27. The zero-order valence-electron chi connectivity index (χ0n) is 14.7. The minimum absolute atomic E-state index is 0.0504. The van der Waals surface area contributed by atoms with Crippen LogP contribution in [0.25, 0.3) is 5.57 Å². The van der Waals surface area contributed by atoms with Crippen LogP contribution in [0.4, 0.5) is 4.79 Å². The molecule has 1 aromatic rings. The van der Waals surface area contributed by atoms with Crippen molar-refractivity contribution in [1.29, 1.82) is 0 Å². The fourth-order valence-electron chi connectivity index (χ4n) is 2.55. The minimum atomic E-state index is -0.528. The van der Waals surface area contributed by atoms with Gasteiger partial charge in [-0.1, -0.05) is 36.4 Å². The summed E-state index contributed by atoms with van der Waals surface area (Å²) < 4.78 is 5.14. The number of nitrogens with one attached hydrogen (secondary N) is 1. The van der Waals surface area contributed by atoms with E-state index in [-0.39, 0.29) is 12.3 Å². The summed E-state index contributed by atoms with van der Waals surface area (Å²) in [6, 6.07) is 10.2. The molecule has 0 radical (unpaired) electrons. The maximum atomic E-state index is 12.2. The minimum Gasteiger partial charge on any atom is -0.444 e. The van der Waals surface area contributed by atoms with Crippen LogP contribution in [0.2, 0.25) is 0 Å². The van der Waals surface area contributed by atoms with Gasteiger partial charge in [0.2, 0.25) is 5.91 Å². The van der Waals surface area contributed by atoms with Crippen LogP contribution < -0.4 is 5.32 Å². The Morgan fingerprint density at radius 2 is 1.92 bits per heavy atom. The van der Waals surface area contributed by atoms with E-state index in [9.17, 15) is 9.59 Å². The Balaban J connectivity index is 1.75. The molecule has 0 saturated carbocycles. The molecule has 0 bridgehead atoms. The third-order valence-corrected chi connectivity index (χ3v) is 3.71. The van der Waals surface area contributed by atoms with Crippen LogP contribution in [-0.4, -0.2) is 42.1 Å². The van der Waals surface area contributed by atoms with Gasteiger partial charge in [-0.15, -0.1) is 0 Å². The molecule has 1 heterocycles. The molecular formula is C19H26N2O3. The lowest BCUT2D eigenvalue weighted by atomic mass is 9.99. The van der Waals surface area contributed by atoms with Crippen LogP contribution in [-0.2, 0) is 9.53 Å². The van der Waals surface area contributed by atoms with Crippen LogP contribution >= 0.6 is 0 Å². The second-order valence-electron chi connectivity index (χ2n) is 6.86. The first kappa shape index (κ1) is 18.0. The molecule has 1 N–H and O–H groups in total. The molecule has 0 unspecified atom stereocenters. The van der Waals surface area contributed by atoms with Crippen LogP contribution in [0, 0.1) is 0 Å². The molecule has 1 aliphatic heterocycles. The van der Waals surface area contributed by atoms with Gasteiger partial charge in [0.15, 0.2) is 0 Å². The van der Waals surface area contributed by atoms with Gasteiger partial charge in [-0.2, -0.15) is 0 Å². The molecule has 0 fully saturated rings. The molecule has 1 aliphatic rings. The third kappa shape index (κ3) is 5.72. The molecule has 2 rings (SSSR count). The fraction of sp³-hybridized carbons (Fsp3) is 0.474. The van der Waals surface area contributed by atoms with Gasteiger partial charge in [-0.3, -0.25) is 4.79 Å². The first-order chi connectivity index (χ1) is 11.3. The molecule has 24 heavy (non-hydrogen) atoms. The highest BCUT2D eigenvalue weighted by Crippen LogP contribution is 2.22. The Labute approximate surface area is 143 Å². The van der Waals surface area contributed by atoms with Gasteiger partial charge >= 0.3 is 6.09 Å². The van der Waals surface area contributed by atoms with Gasteiger partial charge in [-0.25, -0.2) is 4.79 Å². The summed E-state index contributed by atoms with van der Waals surface area (Å²) in [4.78, 5) is 25.6. The van der Waals surface area contributed by atoms with Gasteiger partial charge in [0, 0.05) is 26.1 Å². The van der Waals surface area contributed by atoms with Gasteiger partial charge in [0.05, 0.1) is 0 Å². The number of rotatable bonds is 4. The van der Waals surface area contributed by atoms with Gasteiger partial charge in [0.1, 0.15) is 5.60 Å². The smallest absolute Gasteiger partial charge is 0.407 e. The van der Waals surface area contributed by atoms with Crippen molar-refractivity contribution in [2.45, 2.75) is 39.2 Å². The van der Waals surface area contributed by atoms with E-state index in [1.165, 1.54) is 11.1 Å². The monoisotopic (exact) mass is 330 g/mol. The SMILES string of the molecule is CC(C)(C)OC(=O)NCCC(=O)N1CC=C(c2ccccc2)CC1. The number of benzene rings is 1. The molecular weight excluding hydrogens is 304 g/mol. The molecule has 5 heteroatoms. The second-order valence-corrected chi connectivity index (χ2v) is 6.86. The largest absolute Gasteiger partial charge is 0.444 e. The molecule has 0 spiro atoms. The molecule has 1 aromatic carbocycles. The van der Waals surface area contributed by atoms with E-state index in [1.54, 1.807) is 0 Å². The third-order valence-electron chi connectivity index (χ3n) is 3.71. The zero-order chi connectivity index (χ0) is 17.6. The van der Waals surface area contributed by atoms with Crippen molar-refractivity contribution in [1.82, 2.24) is 10.2 Å². The number of hydrogen-bond donors (Lipinski definition) is 1. The van der Waals surface area contributed by atoms with E-state index in [1.807, 2.05) is 43.9 Å². The van der Waals surface area contributed by atoms with Gasteiger partial charge < -0.3 is 15.0 Å². The predicted octanol–water partition coefficient (Wildman–Crippen LogP) is 3.22. The first-order valence-electron chi connectivity index (χ1n) is 8.34. The highest BCUT2D eigenvalue weighted by Gasteiger charge is 2.19. The standard InChI is InChI=1S/C19H26N2O3/c1-19(2,3)24-18(23)20-12-9-17(22)21-13-10-16(11-14-21)15-7-5-4-6-8-15/h4-8,10H,9,11-14H2,1-3H3,(H,20,23). The van der Waals surface area contributed by atoms with Crippen molar-refractivity contribution in [2.24, 2.45) is 0 Å². The molecule has 0 aliphatic carbocycles. The highest BCUT2D eigenvalue weighted by atomic mass is 16.6. The first-order valence-corrected chi connectivity index (χ1v) is 8.34. The van der Waals surface area contributed by atoms with E-state index in [0.29, 0.717) is 19.6 Å². The number of amides is 2. The lowest BCUT2D eigenvalue weighted by molar-refractivity contribution is -0.130. The number of hydrogen-bond acceptors (Lipinski definition) is 3. The summed E-state index contributed by atoms with van der Waals surface area (Å²) in [5.74, 6) is 0.0504. The summed E-state index contributed by atoms with van der Waals surface area (Å²) in [5, 5.41) is 2.62. The van der Waals surface area contributed by atoms with Crippen molar-refractivity contribution in [3.63, 3.8) is 0 Å². The van der Waals surface area contributed by atoms with Crippen molar-refractivity contribution in [2.75, 3.05) is 19.6 Å². The van der Waals surface area contributed by atoms with E-state index in [4.69, 9.17) is 4.74 Å². The summed E-state index contributed by atoms with van der Waals surface area (Å²) in [6.45, 7) is 7.05. The van der Waals surface area contributed by atoms with Crippen LogP contribution in [0.3, 0.4) is 0 Å². The van der Waals surface area contributed by atoms with E-state index in [0.717, 1.165) is 6.42 Å². The van der Waals surface area contributed by atoms with Crippen molar-refractivity contribution in [3.05, 3.63) is 42.0 Å². The molecule has 0 aromatic heterocycles. The number of carbonyl (C=O) groups is 2. The van der Waals surface area contributed by atoms with Crippen LogP contribution in [0.1, 0.15) is 39.2 Å². The quantitative estimate of drug-likeness (QED) is 0.922. The molecule has 0 atom stereocenters. The summed E-state index contributed by atoms with van der Waals surface area (Å²) in [7, 11) is 0. The van der Waals surface area contributed by atoms with E-state index >= 15 is 0 Å². The van der Waals surface area contributed by atoms with Gasteiger partial charge in [0.25, 0.3) is 0 Å². The molecule has 0 saturated heterocycles. The Morgan fingerprint density at radius 1 is 1.21 bits per heavy atom. The topological polar surface area (TPSA) is 58.6 Å². The average Bonchev–Trinajstić information content (AvgIpc) is 2.54. The van der Waals surface area contributed by atoms with Crippen molar-refractivity contribution in [3.8, 4) is 0 Å². The number of nitrogens with zero attached hydrogens (tertiary/aromatic N) is 1. The molecule has 5 nitrogen and oxygen atoms in total. The fourth-order valence-corrected chi connectivity index (χ4v) is 2.55. The number of ether oxygens (including phenoxy) is 1. The molecule has 130 valence electrons. The summed E-state index contributed by atoms with van der Waals surface area (Å²) >= 11 is 0.